The Morgan fingerprint density at radius 2 is 1.58 bits per heavy atom. The van der Waals surface area contributed by atoms with Crippen molar-refractivity contribution >= 4 is 57.3 Å². The Kier molecular flexibility index (Phi) is 12.7. The number of unbranched alkanes of at least 4 members (excludes halogenated alkanes) is 1. The van der Waals surface area contributed by atoms with Crippen molar-refractivity contribution < 1.29 is 38.3 Å². The molecule has 5 rings (SSSR count). The minimum Gasteiger partial charge on any atom is -0.480 e. The number of rotatable bonds is 16. The summed E-state index contributed by atoms with van der Waals surface area (Å²) >= 11 is 0. The van der Waals surface area contributed by atoms with E-state index in [1.165, 1.54) is 17.7 Å². The maximum atomic E-state index is 15.7. The highest BCUT2D eigenvalue weighted by Crippen LogP contribution is 2.39. The largest absolute Gasteiger partial charge is 0.480 e. The van der Waals surface area contributed by atoms with E-state index in [4.69, 9.17) is 10.2 Å². The number of aliphatic carboxylic acids is 1. The number of carboxylic acids is 1. The highest BCUT2D eigenvalue weighted by Gasteiger charge is 2.29. The average Bonchev–Trinajstić information content (AvgIpc) is 3.69. The lowest BCUT2D eigenvalue weighted by atomic mass is 9.88. The van der Waals surface area contributed by atoms with Gasteiger partial charge in [0.2, 0.25) is 29.5 Å². The van der Waals surface area contributed by atoms with Crippen LogP contribution in [0.4, 0.5) is 4.39 Å². The second-order valence-electron chi connectivity index (χ2n) is 13.0. The first-order valence-corrected chi connectivity index (χ1v) is 17.6. The second kappa shape index (κ2) is 17.6. The third-order valence-corrected chi connectivity index (χ3v) is 9.21. The number of carboxylic acid groups (broad SMARTS) is 1. The highest BCUT2D eigenvalue weighted by atomic mass is 19.1. The number of nitrogens with zero attached hydrogens (tertiary/aromatic N) is 5. The third-order valence-electron chi connectivity index (χ3n) is 9.21. The molecule has 16 nitrogen and oxygen atoms in total. The number of halogens is 1. The van der Waals surface area contributed by atoms with Crippen molar-refractivity contribution in [3.05, 3.63) is 48.0 Å². The zero-order valence-corrected chi connectivity index (χ0v) is 29.7. The lowest BCUT2D eigenvalue weighted by Gasteiger charge is -2.31. The van der Waals surface area contributed by atoms with E-state index in [9.17, 15) is 28.8 Å². The summed E-state index contributed by atoms with van der Waals surface area (Å²) < 4.78 is 18.9. The number of aryl methyl sites for hydroxylation is 1. The van der Waals surface area contributed by atoms with Crippen molar-refractivity contribution in [3.8, 4) is 11.1 Å². The van der Waals surface area contributed by atoms with Gasteiger partial charge in [0.15, 0.2) is 0 Å². The topological polar surface area (TPSA) is 210 Å². The van der Waals surface area contributed by atoms with Gasteiger partial charge in [-0.1, -0.05) is 12.1 Å². The van der Waals surface area contributed by atoms with Gasteiger partial charge in [-0.05, 0) is 49.4 Å². The summed E-state index contributed by atoms with van der Waals surface area (Å²) in [4.78, 5) is 73.8. The molecule has 1 saturated heterocycles. The predicted molar refractivity (Wildman–Crippen MR) is 192 cm³/mol. The van der Waals surface area contributed by atoms with Crippen LogP contribution in [0.3, 0.4) is 0 Å². The van der Waals surface area contributed by atoms with Crippen LogP contribution >= 0.6 is 0 Å². The fraction of sp³-hybridized carbons (Fsp3) is 0.444. The Balaban J connectivity index is 1.30. The molecule has 1 aliphatic rings. The van der Waals surface area contributed by atoms with Crippen LogP contribution in [0.5, 0.6) is 0 Å². The van der Waals surface area contributed by atoms with E-state index in [1.807, 2.05) is 0 Å². The molecule has 0 spiro atoms. The highest BCUT2D eigenvalue weighted by molar-refractivity contribution is 6.00. The number of piperidine rings is 1. The quantitative estimate of drug-likeness (QED) is 0.106. The Hall–Kier alpha value is -5.87. The number of carbonyl (C=O) groups excluding carboxylic acids is 5. The van der Waals surface area contributed by atoms with Crippen molar-refractivity contribution in [1.29, 1.82) is 0 Å². The van der Waals surface area contributed by atoms with Crippen molar-refractivity contribution in [1.82, 2.24) is 45.7 Å². The fourth-order valence-electron chi connectivity index (χ4n) is 6.49. The lowest BCUT2D eigenvalue weighted by molar-refractivity contribution is -0.137. The van der Waals surface area contributed by atoms with Crippen LogP contribution in [0.1, 0.15) is 57.1 Å². The predicted octanol–water partition coefficient (Wildman–Crippen LogP) is 1.56. The molecule has 0 saturated carbocycles. The first-order chi connectivity index (χ1) is 25.4. The molecule has 2 aromatic carbocycles. The van der Waals surface area contributed by atoms with Crippen LogP contribution in [0.15, 0.2) is 36.5 Å². The van der Waals surface area contributed by atoms with Crippen LogP contribution < -0.4 is 21.3 Å². The first kappa shape index (κ1) is 38.4. The molecule has 0 radical (unpaired) electrons. The monoisotopic (exact) mass is 733 g/mol. The molecule has 0 atom stereocenters. The summed E-state index contributed by atoms with van der Waals surface area (Å²) in [6.45, 7) is 2.04. The Bertz CT molecular complexity index is 2020. The van der Waals surface area contributed by atoms with Gasteiger partial charge in [0, 0.05) is 75.2 Å². The smallest absolute Gasteiger partial charge is 0.322 e. The summed E-state index contributed by atoms with van der Waals surface area (Å²) in [7, 11) is 1.77. The summed E-state index contributed by atoms with van der Waals surface area (Å²) in [5, 5.41) is 29.4. The maximum Gasteiger partial charge on any atom is 0.322 e. The van der Waals surface area contributed by atoms with Gasteiger partial charge in [-0.2, -0.15) is 10.2 Å². The molecule has 0 unspecified atom stereocenters. The summed E-state index contributed by atoms with van der Waals surface area (Å²) in [6, 6.07) is 8.52. The van der Waals surface area contributed by atoms with E-state index in [1.54, 1.807) is 47.1 Å². The molecule has 5 N–H and O–H groups in total. The van der Waals surface area contributed by atoms with E-state index in [0.29, 0.717) is 78.6 Å². The van der Waals surface area contributed by atoms with Gasteiger partial charge in [0.1, 0.15) is 18.9 Å². The number of carbonyl (C=O) groups is 6. The molecule has 0 aliphatic carbocycles. The number of amides is 5. The van der Waals surface area contributed by atoms with E-state index >= 15 is 4.39 Å². The summed E-state index contributed by atoms with van der Waals surface area (Å²) in [6.07, 6.45) is 4.27. The molecule has 4 aromatic rings. The van der Waals surface area contributed by atoms with Crippen molar-refractivity contribution in [2.45, 2.75) is 57.9 Å². The van der Waals surface area contributed by atoms with Crippen LogP contribution in [-0.2, 0) is 42.4 Å². The summed E-state index contributed by atoms with van der Waals surface area (Å²) in [5.74, 6) is -3.43. The molecule has 1 fully saturated rings. The zero-order valence-electron chi connectivity index (χ0n) is 29.7. The third kappa shape index (κ3) is 9.93. The summed E-state index contributed by atoms with van der Waals surface area (Å²) in [5.41, 5.74) is 2.88. The second-order valence-corrected chi connectivity index (χ2v) is 13.0. The number of hydrogen-bond donors (Lipinski definition) is 5. The molecule has 0 bridgehead atoms. The van der Waals surface area contributed by atoms with Crippen LogP contribution in [0, 0.1) is 5.82 Å². The Morgan fingerprint density at radius 1 is 0.868 bits per heavy atom. The molecule has 53 heavy (non-hydrogen) atoms. The first-order valence-electron chi connectivity index (χ1n) is 17.6. The Labute approximate surface area is 304 Å². The molecular weight excluding hydrogens is 689 g/mol. The number of benzene rings is 2. The van der Waals surface area contributed by atoms with Crippen molar-refractivity contribution in [2.24, 2.45) is 7.05 Å². The van der Waals surface area contributed by atoms with Gasteiger partial charge in [-0.15, -0.1) is 0 Å². The number of fused-ring (bicyclic) bond motifs is 2. The normalized spacial score (nSPS) is 13.2. The van der Waals surface area contributed by atoms with Gasteiger partial charge in [-0.3, -0.25) is 38.1 Å². The molecule has 2 aromatic heterocycles. The van der Waals surface area contributed by atoms with Crippen LogP contribution in [0.2, 0.25) is 0 Å². The minimum atomic E-state index is -1.21. The Morgan fingerprint density at radius 3 is 2.30 bits per heavy atom. The molecular formula is C36H44FN9O7. The molecule has 17 heteroatoms. The maximum absolute atomic E-state index is 15.7. The molecule has 282 valence electrons. The van der Waals surface area contributed by atoms with E-state index in [-0.39, 0.29) is 43.0 Å². The van der Waals surface area contributed by atoms with E-state index in [2.05, 4.69) is 26.4 Å². The standard InChI is InChI=1S/C36H44FN9O7/c1-22(47)38-12-3-4-13-39-30(48)8-9-33(51)45-14-10-23(11-15-45)36-35-25(26-17-29-24(16-27(26)37)18-42-44(29)2)6-5-7-28(35)46(43-36)21-32(50)40-19-31(49)41-20-34(52)53/h5-7,16-18,23H,3-4,8-15,19-21H2,1-2H3,(H,38,47)(H,39,48)(H,40,50)(H,41,49)(H,52,53). The van der Waals surface area contributed by atoms with Gasteiger partial charge in [-0.25, -0.2) is 4.39 Å². The number of likely N-dealkylation sites (tertiary alicyclic amines) is 1. The fourth-order valence-corrected chi connectivity index (χ4v) is 6.49. The van der Waals surface area contributed by atoms with Crippen LogP contribution in [-0.4, -0.2) is 104 Å². The van der Waals surface area contributed by atoms with Gasteiger partial charge in [0.25, 0.3) is 0 Å². The van der Waals surface area contributed by atoms with Crippen molar-refractivity contribution in [2.75, 3.05) is 39.3 Å². The van der Waals surface area contributed by atoms with Crippen molar-refractivity contribution in [3.63, 3.8) is 0 Å². The molecule has 3 heterocycles. The number of aromatic nitrogens is 4. The van der Waals surface area contributed by atoms with Gasteiger partial charge in [0.05, 0.1) is 29.5 Å². The van der Waals surface area contributed by atoms with Gasteiger partial charge >= 0.3 is 5.97 Å². The lowest BCUT2D eigenvalue weighted by Crippen LogP contribution is -2.40. The van der Waals surface area contributed by atoms with Crippen LogP contribution in [0.25, 0.3) is 32.9 Å². The van der Waals surface area contributed by atoms with E-state index < -0.39 is 36.7 Å². The minimum absolute atomic E-state index is 0.0682. The molecule has 1 aliphatic heterocycles. The van der Waals surface area contributed by atoms with Gasteiger partial charge < -0.3 is 31.3 Å². The van der Waals surface area contributed by atoms with E-state index in [0.717, 1.165) is 11.9 Å². The SMILES string of the molecule is CC(=O)NCCCCNC(=O)CCC(=O)N1CCC(c2nn(CC(=O)NCC(=O)NCC(=O)O)c3cccc(-c4cc5c(cnn5C)cc4F)c23)CC1. The molecule has 5 amide bonds. The number of hydrogen-bond acceptors (Lipinski definition) is 8. The zero-order chi connectivity index (χ0) is 38.1. The number of nitrogens with one attached hydrogen (secondary N) is 4. The average molecular weight is 734 g/mol.